The minimum atomic E-state index is -1.60. The molecule has 0 radical (unpaired) electrons. The normalized spacial score (nSPS) is 12.8. The van der Waals surface area contributed by atoms with Gasteiger partial charge in [0.1, 0.15) is 0 Å². The van der Waals surface area contributed by atoms with E-state index in [-0.39, 0.29) is 12.0 Å². The quantitative estimate of drug-likeness (QED) is 0.885. The summed E-state index contributed by atoms with van der Waals surface area (Å²) >= 11 is 6.02. The zero-order chi connectivity index (χ0) is 15.0. The summed E-state index contributed by atoms with van der Waals surface area (Å²) in [5.41, 5.74) is 0.738. The molecule has 7 heteroatoms. The average Bonchev–Trinajstić information content (AvgIpc) is 2.62. The number of aliphatic hydroxyl groups excluding tert-OH is 1. The van der Waals surface area contributed by atoms with Gasteiger partial charge in [0.25, 0.3) is 0 Å². The van der Waals surface area contributed by atoms with Gasteiger partial charge in [-0.25, -0.2) is 13.2 Å². The fraction of sp³-hybridized carbons (Fsp3) is 0.308. The lowest BCUT2D eigenvalue weighted by Gasteiger charge is -2.13. The SMILES string of the molecule is Cc1nn(C)c(CC(O)c2ccc(F)c(F)c2F)c1Cl. The molecule has 1 aromatic heterocycles. The Morgan fingerprint density at radius 2 is 1.95 bits per heavy atom. The molecule has 0 amide bonds. The van der Waals surface area contributed by atoms with Crippen molar-refractivity contribution < 1.29 is 18.3 Å². The highest BCUT2D eigenvalue weighted by molar-refractivity contribution is 6.31. The zero-order valence-electron chi connectivity index (χ0n) is 10.8. The molecule has 1 aromatic carbocycles. The Kier molecular flexibility index (Phi) is 4.06. The lowest BCUT2D eigenvalue weighted by molar-refractivity contribution is 0.169. The number of aryl methyl sites for hydroxylation is 2. The number of aliphatic hydroxyl groups is 1. The van der Waals surface area contributed by atoms with Crippen molar-refractivity contribution in [3.05, 3.63) is 51.6 Å². The van der Waals surface area contributed by atoms with Crippen LogP contribution >= 0.6 is 11.6 Å². The maximum Gasteiger partial charge on any atom is 0.194 e. The van der Waals surface area contributed by atoms with E-state index in [0.29, 0.717) is 16.4 Å². The van der Waals surface area contributed by atoms with E-state index < -0.39 is 23.6 Å². The highest BCUT2D eigenvalue weighted by atomic mass is 35.5. The van der Waals surface area contributed by atoms with E-state index in [0.717, 1.165) is 12.1 Å². The van der Waals surface area contributed by atoms with Crippen molar-refractivity contribution in [3.63, 3.8) is 0 Å². The summed E-state index contributed by atoms with van der Waals surface area (Å²) in [6, 6.07) is 1.78. The number of hydrogen-bond donors (Lipinski definition) is 1. The molecule has 0 aliphatic rings. The lowest BCUT2D eigenvalue weighted by atomic mass is 10.0. The van der Waals surface area contributed by atoms with Crippen LogP contribution in [0.4, 0.5) is 13.2 Å². The molecule has 20 heavy (non-hydrogen) atoms. The third-order valence-electron chi connectivity index (χ3n) is 3.07. The molecule has 0 saturated heterocycles. The van der Waals surface area contributed by atoms with Crippen LogP contribution in [0.3, 0.4) is 0 Å². The van der Waals surface area contributed by atoms with Crippen molar-refractivity contribution in [1.82, 2.24) is 9.78 Å². The first-order valence-electron chi connectivity index (χ1n) is 5.82. The van der Waals surface area contributed by atoms with E-state index in [9.17, 15) is 18.3 Å². The molecule has 0 aliphatic heterocycles. The Morgan fingerprint density at radius 1 is 1.30 bits per heavy atom. The molecule has 108 valence electrons. The second-order valence-corrected chi connectivity index (χ2v) is 4.83. The molecule has 0 bridgehead atoms. The molecule has 0 saturated carbocycles. The number of benzene rings is 1. The molecule has 0 fully saturated rings. The van der Waals surface area contributed by atoms with Crippen molar-refractivity contribution in [2.75, 3.05) is 0 Å². The summed E-state index contributed by atoms with van der Waals surface area (Å²) in [6.07, 6.45) is -1.41. The minimum absolute atomic E-state index is 0.0574. The summed E-state index contributed by atoms with van der Waals surface area (Å²) < 4.78 is 41.0. The molecule has 1 heterocycles. The smallest absolute Gasteiger partial charge is 0.194 e. The van der Waals surface area contributed by atoms with Crippen LogP contribution in [0, 0.1) is 24.4 Å². The van der Waals surface area contributed by atoms with Crippen molar-refractivity contribution in [1.29, 1.82) is 0 Å². The highest BCUT2D eigenvalue weighted by Crippen LogP contribution is 2.28. The summed E-state index contributed by atoms with van der Waals surface area (Å²) in [6.45, 7) is 1.69. The fourth-order valence-corrected chi connectivity index (χ4v) is 2.23. The predicted octanol–water partition coefficient (Wildman–Crippen LogP) is 3.08. The van der Waals surface area contributed by atoms with Crippen LogP contribution in [0.1, 0.15) is 23.1 Å². The van der Waals surface area contributed by atoms with Gasteiger partial charge in [-0.2, -0.15) is 5.10 Å². The van der Waals surface area contributed by atoms with Crippen LogP contribution in [-0.2, 0) is 13.5 Å². The molecule has 2 aromatic rings. The fourth-order valence-electron chi connectivity index (χ4n) is 1.99. The van der Waals surface area contributed by atoms with Crippen molar-refractivity contribution in [3.8, 4) is 0 Å². The molecule has 1 N–H and O–H groups in total. The Balaban J connectivity index is 2.33. The zero-order valence-corrected chi connectivity index (χ0v) is 11.5. The molecule has 3 nitrogen and oxygen atoms in total. The monoisotopic (exact) mass is 304 g/mol. The largest absolute Gasteiger partial charge is 0.388 e. The topological polar surface area (TPSA) is 38.0 Å². The second-order valence-electron chi connectivity index (χ2n) is 4.45. The minimum Gasteiger partial charge on any atom is -0.388 e. The summed E-state index contributed by atoms with van der Waals surface area (Å²) in [5.74, 6) is -4.30. The van der Waals surface area contributed by atoms with Gasteiger partial charge < -0.3 is 5.11 Å². The number of hydrogen-bond acceptors (Lipinski definition) is 2. The Labute approximate surface area is 118 Å². The standard InChI is InChI=1S/C13H12ClF3N2O/c1-6-11(14)9(19(2)18-6)5-10(20)7-3-4-8(15)13(17)12(7)16/h3-4,10,20H,5H2,1-2H3. The second kappa shape index (κ2) is 5.46. The average molecular weight is 305 g/mol. The van der Waals surface area contributed by atoms with Crippen molar-refractivity contribution in [2.24, 2.45) is 7.05 Å². The molecular weight excluding hydrogens is 293 g/mol. The molecule has 1 atom stereocenters. The van der Waals surface area contributed by atoms with Crippen LogP contribution in [-0.4, -0.2) is 14.9 Å². The predicted molar refractivity (Wildman–Crippen MR) is 67.9 cm³/mol. The molecule has 1 unspecified atom stereocenters. The van der Waals surface area contributed by atoms with Crippen LogP contribution < -0.4 is 0 Å². The summed E-state index contributed by atoms with van der Waals surface area (Å²) in [5, 5.41) is 14.4. The summed E-state index contributed by atoms with van der Waals surface area (Å²) in [7, 11) is 1.63. The van der Waals surface area contributed by atoms with Gasteiger partial charge in [-0.1, -0.05) is 17.7 Å². The summed E-state index contributed by atoms with van der Waals surface area (Å²) in [4.78, 5) is 0. The lowest BCUT2D eigenvalue weighted by Crippen LogP contribution is -2.10. The Bertz CT molecular complexity index is 658. The van der Waals surface area contributed by atoms with Crippen molar-refractivity contribution in [2.45, 2.75) is 19.4 Å². The number of aromatic nitrogens is 2. The highest BCUT2D eigenvalue weighted by Gasteiger charge is 2.22. The van der Waals surface area contributed by atoms with E-state index in [1.807, 2.05) is 0 Å². The number of rotatable bonds is 3. The van der Waals surface area contributed by atoms with Gasteiger partial charge in [0.05, 0.1) is 22.5 Å². The number of halogens is 4. The van der Waals surface area contributed by atoms with Gasteiger partial charge in [0.2, 0.25) is 0 Å². The van der Waals surface area contributed by atoms with Crippen LogP contribution in [0.25, 0.3) is 0 Å². The van der Waals surface area contributed by atoms with Gasteiger partial charge in [0.15, 0.2) is 17.5 Å². The molecular formula is C13H12ClF3N2O. The number of nitrogens with zero attached hydrogens (tertiary/aromatic N) is 2. The Morgan fingerprint density at radius 3 is 2.50 bits per heavy atom. The van der Waals surface area contributed by atoms with Gasteiger partial charge in [-0.3, -0.25) is 4.68 Å². The third-order valence-corrected chi connectivity index (χ3v) is 3.56. The van der Waals surface area contributed by atoms with Gasteiger partial charge >= 0.3 is 0 Å². The van der Waals surface area contributed by atoms with E-state index in [1.165, 1.54) is 4.68 Å². The molecule has 2 rings (SSSR count). The Hall–Kier alpha value is -1.53. The van der Waals surface area contributed by atoms with Crippen LogP contribution in [0.5, 0.6) is 0 Å². The first-order valence-corrected chi connectivity index (χ1v) is 6.20. The first kappa shape index (κ1) is 14.9. The van der Waals surface area contributed by atoms with E-state index in [2.05, 4.69) is 5.10 Å². The third kappa shape index (κ3) is 2.53. The molecule has 0 spiro atoms. The van der Waals surface area contributed by atoms with Crippen molar-refractivity contribution >= 4 is 11.6 Å². The van der Waals surface area contributed by atoms with Gasteiger partial charge in [-0.05, 0) is 13.0 Å². The van der Waals surface area contributed by atoms with E-state index in [1.54, 1.807) is 14.0 Å². The molecule has 0 aliphatic carbocycles. The first-order chi connectivity index (χ1) is 9.32. The van der Waals surface area contributed by atoms with E-state index >= 15 is 0 Å². The van der Waals surface area contributed by atoms with E-state index in [4.69, 9.17) is 11.6 Å². The van der Waals surface area contributed by atoms with Gasteiger partial charge in [-0.15, -0.1) is 0 Å². The maximum absolute atomic E-state index is 13.6. The maximum atomic E-state index is 13.6. The van der Waals surface area contributed by atoms with Gasteiger partial charge in [0, 0.05) is 19.0 Å². The van der Waals surface area contributed by atoms with Crippen LogP contribution in [0.2, 0.25) is 5.02 Å². The van der Waals surface area contributed by atoms with Crippen LogP contribution in [0.15, 0.2) is 12.1 Å².